The van der Waals surface area contributed by atoms with E-state index in [1.54, 1.807) is 12.1 Å². The predicted molar refractivity (Wildman–Crippen MR) is 109 cm³/mol. The number of benzene rings is 2. The van der Waals surface area contributed by atoms with Gasteiger partial charge in [-0.2, -0.15) is 0 Å². The first kappa shape index (κ1) is 19.7. The summed E-state index contributed by atoms with van der Waals surface area (Å²) < 4.78 is 11.0. The van der Waals surface area contributed by atoms with Gasteiger partial charge in [-0.3, -0.25) is 4.79 Å². The molecule has 0 unspecified atom stereocenters. The van der Waals surface area contributed by atoms with Gasteiger partial charge in [0, 0.05) is 5.69 Å². The Kier molecular flexibility index (Phi) is 6.19. The second-order valence-electron chi connectivity index (χ2n) is 7.20. The second kappa shape index (κ2) is 8.78. The zero-order valence-electron chi connectivity index (χ0n) is 16.3. The van der Waals surface area contributed by atoms with Gasteiger partial charge in [0.05, 0.1) is 11.3 Å². The molecule has 2 aromatic rings. The number of nitrogens with one attached hydrogen (secondary N) is 1. The monoisotopic (exact) mass is 382 g/mol. The minimum absolute atomic E-state index is 0.0156. The van der Waals surface area contributed by atoms with Gasteiger partial charge in [0.15, 0.2) is 6.61 Å². The Bertz CT molecular complexity index is 873. The minimum atomic E-state index is -0.392. The Morgan fingerprint density at radius 2 is 1.82 bits per heavy atom. The number of nitrogen functional groups attached to an aromatic ring is 1. The van der Waals surface area contributed by atoms with Crippen LogP contribution in [-0.4, -0.2) is 24.6 Å². The predicted octanol–water partition coefficient (Wildman–Crippen LogP) is 4.00. The maximum absolute atomic E-state index is 12.3. The average molecular weight is 382 g/mol. The van der Waals surface area contributed by atoms with E-state index in [-0.39, 0.29) is 24.4 Å². The molecule has 1 fully saturated rings. The lowest BCUT2D eigenvalue weighted by Crippen LogP contribution is -2.21. The van der Waals surface area contributed by atoms with Gasteiger partial charge in [-0.15, -0.1) is 0 Å². The van der Waals surface area contributed by atoms with Crippen molar-refractivity contribution in [3.63, 3.8) is 0 Å². The second-order valence-corrected chi connectivity index (χ2v) is 7.20. The number of carbonyl (C=O) groups is 2. The van der Waals surface area contributed by atoms with Crippen LogP contribution in [0.15, 0.2) is 36.4 Å². The number of nitrogens with two attached hydrogens (primary N) is 1. The Morgan fingerprint density at radius 3 is 2.54 bits per heavy atom. The fourth-order valence-corrected chi connectivity index (χ4v) is 3.17. The average Bonchev–Trinajstić information content (AvgIpc) is 3.17. The maximum Gasteiger partial charge on any atom is 0.338 e. The van der Waals surface area contributed by atoms with Gasteiger partial charge in [0.2, 0.25) is 0 Å². The molecule has 0 spiro atoms. The van der Waals surface area contributed by atoms with E-state index in [9.17, 15) is 9.59 Å². The molecule has 148 valence electrons. The molecule has 6 nitrogen and oxygen atoms in total. The van der Waals surface area contributed by atoms with Crippen LogP contribution in [0.2, 0.25) is 0 Å². The van der Waals surface area contributed by atoms with Crippen LogP contribution in [0.1, 0.15) is 47.2 Å². The van der Waals surface area contributed by atoms with Crippen LogP contribution in [0.4, 0.5) is 11.4 Å². The Labute approximate surface area is 165 Å². The summed E-state index contributed by atoms with van der Waals surface area (Å²) in [6, 6.07) is 10.4. The van der Waals surface area contributed by atoms with E-state index in [2.05, 4.69) is 5.32 Å². The third-order valence-electron chi connectivity index (χ3n) is 4.97. The Hall–Kier alpha value is -3.02. The van der Waals surface area contributed by atoms with Crippen molar-refractivity contribution in [1.82, 2.24) is 0 Å². The summed E-state index contributed by atoms with van der Waals surface area (Å²) >= 11 is 0. The molecule has 6 heteroatoms. The maximum atomic E-state index is 12.3. The first-order valence-corrected chi connectivity index (χ1v) is 9.53. The number of rotatable bonds is 6. The zero-order chi connectivity index (χ0) is 20.1. The molecule has 0 atom stereocenters. The number of anilines is 2. The summed E-state index contributed by atoms with van der Waals surface area (Å²) in [6.07, 6.45) is 3.97. The highest BCUT2D eigenvalue weighted by Gasteiger charge is 2.21. The molecular weight excluding hydrogens is 356 g/mol. The molecule has 0 aromatic heterocycles. The van der Waals surface area contributed by atoms with Crippen LogP contribution >= 0.6 is 0 Å². The topological polar surface area (TPSA) is 90.6 Å². The van der Waals surface area contributed by atoms with Gasteiger partial charge < -0.3 is 20.5 Å². The third-order valence-corrected chi connectivity index (χ3v) is 4.97. The Balaban J connectivity index is 1.59. The quantitative estimate of drug-likeness (QED) is 0.582. The van der Waals surface area contributed by atoms with Crippen molar-refractivity contribution >= 4 is 23.3 Å². The lowest BCUT2D eigenvalue weighted by atomic mass is 10.1. The summed E-state index contributed by atoms with van der Waals surface area (Å²) in [7, 11) is 0. The van der Waals surface area contributed by atoms with Crippen molar-refractivity contribution in [3.8, 4) is 5.75 Å². The van der Waals surface area contributed by atoms with Crippen molar-refractivity contribution in [2.75, 3.05) is 17.7 Å². The van der Waals surface area contributed by atoms with Crippen molar-refractivity contribution in [3.05, 3.63) is 53.1 Å². The summed E-state index contributed by atoms with van der Waals surface area (Å²) in [5.41, 5.74) is 9.60. The number of amides is 1. The van der Waals surface area contributed by atoms with Gasteiger partial charge in [-0.25, -0.2) is 4.79 Å². The molecule has 3 rings (SSSR count). The SMILES string of the molecule is Cc1ccc(NC(=O)COc2cc(C(=O)OC3CCCC3)ccc2N)cc1C. The summed E-state index contributed by atoms with van der Waals surface area (Å²) in [5, 5.41) is 2.79. The number of ether oxygens (including phenoxy) is 2. The van der Waals surface area contributed by atoms with E-state index < -0.39 is 5.97 Å². The number of carbonyl (C=O) groups excluding carboxylic acids is 2. The van der Waals surface area contributed by atoms with Crippen LogP contribution in [0.3, 0.4) is 0 Å². The molecule has 0 heterocycles. The van der Waals surface area contributed by atoms with E-state index in [0.29, 0.717) is 16.9 Å². The van der Waals surface area contributed by atoms with E-state index in [0.717, 1.165) is 36.8 Å². The first-order valence-electron chi connectivity index (χ1n) is 9.53. The highest BCUT2D eigenvalue weighted by Crippen LogP contribution is 2.26. The lowest BCUT2D eigenvalue weighted by Gasteiger charge is -2.13. The minimum Gasteiger partial charge on any atom is -0.482 e. The van der Waals surface area contributed by atoms with Crippen LogP contribution in [0.5, 0.6) is 5.75 Å². The summed E-state index contributed by atoms with van der Waals surface area (Å²) in [6.45, 7) is 3.79. The van der Waals surface area contributed by atoms with Gasteiger partial charge in [-0.1, -0.05) is 6.07 Å². The number of aryl methyl sites for hydroxylation is 2. The fourth-order valence-electron chi connectivity index (χ4n) is 3.17. The number of esters is 1. The molecule has 0 aliphatic heterocycles. The van der Waals surface area contributed by atoms with E-state index >= 15 is 0 Å². The summed E-state index contributed by atoms with van der Waals surface area (Å²) in [4.78, 5) is 24.5. The van der Waals surface area contributed by atoms with Crippen molar-refractivity contribution in [1.29, 1.82) is 0 Å². The van der Waals surface area contributed by atoms with Crippen molar-refractivity contribution < 1.29 is 19.1 Å². The summed E-state index contributed by atoms with van der Waals surface area (Å²) in [5.74, 6) is -0.408. The molecule has 1 amide bonds. The van der Waals surface area contributed by atoms with Crippen LogP contribution in [0.25, 0.3) is 0 Å². The third kappa shape index (κ3) is 5.03. The van der Waals surface area contributed by atoms with Crippen LogP contribution in [-0.2, 0) is 9.53 Å². The van der Waals surface area contributed by atoms with Crippen LogP contribution in [0, 0.1) is 13.8 Å². The highest BCUT2D eigenvalue weighted by molar-refractivity contribution is 5.93. The largest absolute Gasteiger partial charge is 0.482 e. The molecule has 0 bridgehead atoms. The fraction of sp³-hybridized carbons (Fsp3) is 0.364. The molecular formula is C22H26N2O4. The molecule has 2 aromatic carbocycles. The van der Waals surface area contributed by atoms with Crippen LogP contribution < -0.4 is 15.8 Å². The number of hydrogen-bond donors (Lipinski definition) is 2. The van der Waals surface area contributed by atoms with E-state index in [1.807, 2.05) is 32.0 Å². The van der Waals surface area contributed by atoms with Gasteiger partial charge in [0.1, 0.15) is 11.9 Å². The molecule has 0 radical (unpaired) electrons. The lowest BCUT2D eigenvalue weighted by molar-refractivity contribution is -0.118. The first-order chi connectivity index (χ1) is 13.4. The molecule has 3 N–H and O–H groups in total. The zero-order valence-corrected chi connectivity index (χ0v) is 16.3. The van der Waals surface area contributed by atoms with Crippen molar-refractivity contribution in [2.24, 2.45) is 0 Å². The highest BCUT2D eigenvalue weighted by atomic mass is 16.5. The molecule has 0 saturated heterocycles. The normalized spacial score (nSPS) is 13.9. The van der Waals surface area contributed by atoms with Gasteiger partial charge in [-0.05, 0) is 81.0 Å². The smallest absolute Gasteiger partial charge is 0.338 e. The Morgan fingerprint density at radius 1 is 1.07 bits per heavy atom. The molecule has 28 heavy (non-hydrogen) atoms. The van der Waals surface area contributed by atoms with Gasteiger partial charge >= 0.3 is 5.97 Å². The number of hydrogen-bond acceptors (Lipinski definition) is 5. The van der Waals surface area contributed by atoms with E-state index in [1.165, 1.54) is 6.07 Å². The van der Waals surface area contributed by atoms with Gasteiger partial charge in [0.25, 0.3) is 5.91 Å². The van der Waals surface area contributed by atoms with Crippen molar-refractivity contribution in [2.45, 2.75) is 45.6 Å². The molecule has 1 saturated carbocycles. The standard InChI is InChI=1S/C22H26N2O4/c1-14-7-9-17(11-15(14)2)24-21(25)13-27-20-12-16(8-10-19(20)23)22(26)28-18-5-3-4-6-18/h7-12,18H,3-6,13,23H2,1-2H3,(H,24,25). The molecule has 1 aliphatic carbocycles. The van der Waals surface area contributed by atoms with E-state index in [4.69, 9.17) is 15.2 Å². The molecule has 1 aliphatic rings.